The molecule has 0 radical (unpaired) electrons. The van der Waals surface area contributed by atoms with Gasteiger partial charge in [0.05, 0.1) is 7.11 Å². The van der Waals surface area contributed by atoms with Crippen molar-refractivity contribution in [3.8, 4) is 6.01 Å². The zero-order chi connectivity index (χ0) is 15.1. The molecule has 1 N–H and O–H groups in total. The summed E-state index contributed by atoms with van der Waals surface area (Å²) in [5, 5.41) is 3.07. The standard InChI is InChI=1S/C14H20N6O/c1-4-16-12-17-13(19-14(18-12)21-3)20(2)10-7-11-5-8-15-9-6-11/h5-6,8-9H,4,7,10H2,1-3H3,(H,16,17,18,19). The second kappa shape index (κ2) is 7.37. The molecule has 0 aromatic carbocycles. The van der Waals surface area contributed by atoms with Gasteiger partial charge in [-0.1, -0.05) is 0 Å². The normalized spacial score (nSPS) is 10.2. The van der Waals surface area contributed by atoms with Gasteiger partial charge in [0.1, 0.15) is 0 Å². The number of rotatable bonds is 7. The summed E-state index contributed by atoms with van der Waals surface area (Å²) in [6, 6.07) is 4.32. The Morgan fingerprint density at radius 3 is 2.62 bits per heavy atom. The SMILES string of the molecule is CCNc1nc(OC)nc(N(C)CCc2ccncc2)n1. The minimum atomic E-state index is 0.312. The molecule has 112 valence electrons. The van der Waals surface area contributed by atoms with Crippen molar-refractivity contribution in [1.82, 2.24) is 19.9 Å². The number of pyridine rings is 1. The molecule has 7 nitrogen and oxygen atoms in total. The second-order valence-electron chi connectivity index (χ2n) is 4.50. The molecule has 2 rings (SSSR count). The average Bonchev–Trinajstić information content (AvgIpc) is 2.53. The van der Waals surface area contributed by atoms with E-state index >= 15 is 0 Å². The molecule has 0 aliphatic rings. The minimum Gasteiger partial charge on any atom is -0.467 e. The fourth-order valence-electron chi connectivity index (χ4n) is 1.79. The highest BCUT2D eigenvalue weighted by atomic mass is 16.5. The van der Waals surface area contributed by atoms with Crippen LogP contribution in [0.1, 0.15) is 12.5 Å². The van der Waals surface area contributed by atoms with E-state index in [1.165, 1.54) is 5.56 Å². The summed E-state index contributed by atoms with van der Waals surface area (Å²) < 4.78 is 5.12. The number of nitrogens with one attached hydrogen (secondary N) is 1. The summed E-state index contributed by atoms with van der Waals surface area (Å²) in [5.41, 5.74) is 1.23. The Bertz CT molecular complexity index is 563. The maximum absolute atomic E-state index is 5.12. The van der Waals surface area contributed by atoms with E-state index in [1.54, 1.807) is 19.5 Å². The monoisotopic (exact) mass is 288 g/mol. The Labute approximate surface area is 124 Å². The van der Waals surface area contributed by atoms with Gasteiger partial charge in [-0.05, 0) is 31.0 Å². The minimum absolute atomic E-state index is 0.312. The van der Waals surface area contributed by atoms with Crippen LogP contribution in [0.4, 0.5) is 11.9 Å². The molecule has 2 heterocycles. The Morgan fingerprint density at radius 2 is 1.95 bits per heavy atom. The number of ether oxygens (including phenoxy) is 1. The van der Waals surface area contributed by atoms with Crippen molar-refractivity contribution in [3.63, 3.8) is 0 Å². The van der Waals surface area contributed by atoms with E-state index in [4.69, 9.17) is 4.74 Å². The summed E-state index contributed by atoms with van der Waals surface area (Å²) in [5.74, 6) is 1.11. The first kappa shape index (κ1) is 15.0. The lowest BCUT2D eigenvalue weighted by atomic mass is 10.2. The lowest BCUT2D eigenvalue weighted by Gasteiger charge is -2.18. The molecule has 0 bridgehead atoms. The molecule has 2 aromatic heterocycles. The number of hydrogen-bond acceptors (Lipinski definition) is 7. The second-order valence-corrected chi connectivity index (χ2v) is 4.50. The largest absolute Gasteiger partial charge is 0.467 e. The fraction of sp³-hybridized carbons (Fsp3) is 0.429. The van der Waals surface area contributed by atoms with Crippen LogP contribution in [0, 0.1) is 0 Å². The molecule has 0 amide bonds. The fourth-order valence-corrected chi connectivity index (χ4v) is 1.79. The van der Waals surface area contributed by atoms with Crippen molar-refractivity contribution < 1.29 is 4.74 Å². The van der Waals surface area contributed by atoms with Gasteiger partial charge in [0, 0.05) is 32.5 Å². The first-order valence-corrected chi connectivity index (χ1v) is 6.87. The highest BCUT2D eigenvalue weighted by Gasteiger charge is 2.10. The van der Waals surface area contributed by atoms with Crippen LogP contribution in [0.3, 0.4) is 0 Å². The highest BCUT2D eigenvalue weighted by molar-refractivity contribution is 5.37. The highest BCUT2D eigenvalue weighted by Crippen LogP contribution is 2.14. The zero-order valence-electron chi connectivity index (χ0n) is 12.6. The van der Waals surface area contributed by atoms with Crippen LogP contribution in [-0.4, -0.2) is 47.2 Å². The molecule has 21 heavy (non-hydrogen) atoms. The number of hydrogen-bond donors (Lipinski definition) is 1. The Balaban J connectivity index is 2.07. The topological polar surface area (TPSA) is 76.1 Å². The zero-order valence-corrected chi connectivity index (χ0v) is 12.6. The van der Waals surface area contributed by atoms with E-state index < -0.39 is 0 Å². The maximum Gasteiger partial charge on any atom is 0.322 e. The first-order valence-electron chi connectivity index (χ1n) is 6.87. The smallest absolute Gasteiger partial charge is 0.322 e. The number of aromatic nitrogens is 4. The van der Waals surface area contributed by atoms with Gasteiger partial charge in [0.15, 0.2) is 0 Å². The molecule has 2 aromatic rings. The number of anilines is 2. The number of nitrogens with zero attached hydrogens (tertiary/aromatic N) is 5. The lowest BCUT2D eigenvalue weighted by Crippen LogP contribution is -2.23. The van der Waals surface area contributed by atoms with Crippen LogP contribution < -0.4 is 15.0 Å². The van der Waals surface area contributed by atoms with Crippen molar-refractivity contribution in [2.75, 3.05) is 37.5 Å². The summed E-state index contributed by atoms with van der Waals surface area (Å²) in [6.45, 7) is 3.53. The molecule has 0 aliphatic carbocycles. The Morgan fingerprint density at radius 1 is 1.19 bits per heavy atom. The predicted molar refractivity (Wildman–Crippen MR) is 81.8 cm³/mol. The number of methoxy groups -OCH3 is 1. The van der Waals surface area contributed by atoms with E-state index in [0.29, 0.717) is 17.9 Å². The van der Waals surface area contributed by atoms with Gasteiger partial charge in [-0.25, -0.2) is 0 Å². The predicted octanol–water partition coefficient (Wildman–Crippen LogP) is 1.39. The summed E-state index contributed by atoms with van der Waals surface area (Å²) in [4.78, 5) is 18.8. The summed E-state index contributed by atoms with van der Waals surface area (Å²) >= 11 is 0. The van der Waals surface area contributed by atoms with Crippen molar-refractivity contribution in [2.24, 2.45) is 0 Å². The van der Waals surface area contributed by atoms with Crippen molar-refractivity contribution >= 4 is 11.9 Å². The third kappa shape index (κ3) is 4.27. The third-order valence-corrected chi connectivity index (χ3v) is 2.95. The molecule has 7 heteroatoms. The van der Waals surface area contributed by atoms with Gasteiger partial charge < -0.3 is 15.0 Å². The number of likely N-dealkylation sites (N-methyl/N-ethyl adjacent to an activating group) is 1. The van der Waals surface area contributed by atoms with E-state index in [9.17, 15) is 0 Å². The van der Waals surface area contributed by atoms with Gasteiger partial charge in [-0.3, -0.25) is 4.98 Å². The van der Waals surface area contributed by atoms with Crippen molar-refractivity contribution in [1.29, 1.82) is 0 Å². The van der Waals surface area contributed by atoms with Gasteiger partial charge in [0.25, 0.3) is 0 Å². The molecule has 0 saturated carbocycles. The van der Waals surface area contributed by atoms with Crippen LogP contribution in [0.15, 0.2) is 24.5 Å². The van der Waals surface area contributed by atoms with Crippen LogP contribution in [0.2, 0.25) is 0 Å². The molecule has 0 atom stereocenters. The molecular weight excluding hydrogens is 268 g/mol. The summed E-state index contributed by atoms with van der Waals surface area (Å²) in [7, 11) is 3.50. The summed E-state index contributed by atoms with van der Waals surface area (Å²) in [6.07, 6.45) is 4.48. The molecule has 0 fully saturated rings. The van der Waals surface area contributed by atoms with Gasteiger partial charge >= 0.3 is 6.01 Å². The Hall–Kier alpha value is -2.44. The molecule has 0 saturated heterocycles. The Kier molecular flexibility index (Phi) is 5.25. The van der Waals surface area contributed by atoms with Crippen molar-refractivity contribution in [2.45, 2.75) is 13.3 Å². The molecule has 0 spiro atoms. The van der Waals surface area contributed by atoms with E-state index in [0.717, 1.165) is 19.5 Å². The van der Waals surface area contributed by atoms with Gasteiger partial charge in [-0.2, -0.15) is 15.0 Å². The van der Waals surface area contributed by atoms with Crippen LogP contribution in [0.25, 0.3) is 0 Å². The molecule has 0 aliphatic heterocycles. The quantitative estimate of drug-likeness (QED) is 0.825. The lowest BCUT2D eigenvalue weighted by molar-refractivity contribution is 0.379. The third-order valence-electron chi connectivity index (χ3n) is 2.95. The maximum atomic E-state index is 5.12. The van der Waals surface area contributed by atoms with Crippen LogP contribution in [0.5, 0.6) is 6.01 Å². The molecule has 0 unspecified atom stereocenters. The van der Waals surface area contributed by atoms with E-state index in [1.807, 2.05) is 31.0 Å². The van der Waals surface area contributed by atoms with Gasteiger partial charge in [-0.15, -0.1) is 0 Å². The molecular formula is C14H20N6O. The van der Waals surface area contributed by atoms with Crippen LogP contribution in [-0.2, 0) is 6.42 Å². The van der Waals surface area contributed by atoms with E-state index in [2.05, 4.69) is 25.3 Å². The van der Waals surface area contributed by atoms with Crippen molar-refractivity contribution in [3.05, 3.63) is 30.1 Å². The first-order chi connectivity index (χ1) is 10.2. The average molecular weight is 288 g/mol. The van der Waals surface area contributed by atoms with Crippen LogP contribution >= 0.6 is 0 Å². The van der Waals surface area contributed by atoms with Gasteiger partial charge in [0.2, 0.25) is 11.9 Å². The van der Waals surface area contributed by atoms with E-state index in [-0.39, 0.29) is 0 Å².